The van der Waals surface area contributed by atoms with Crippen LogP contribution in [0.2, 0.25) is 0 Å². The maximum atomic E-state index is 9.51. The van der Waals surface area contributed by atoms with E-state index in [4.69, 9.17) is 0 Å². The summed E-state index contributed by atoms with van der Waals surface area (Å²) in [4.78, 5) is 6.54. The van der Waals surface area contributed by atoms with Crippen molar-refractivity contribution in [2.75, 3.05) is 31.5 Å². The van der Waals surface area contributed by atoms with E-state index in [0.717, 1.165) is 13.1 Å². The lowest BCUT2D eigenvalue weighted by Crippen LogP contribution is -2.33. The molecule has 0 bridgehead atoms. The Balaban J connectivity index is 1.73. The van der Waals surface area contributed by atoms with E-state index >= 15 is 0 Å². The van der Waals surface area contributed by atoms with Crippen LogP contribution in [0, 0.1) is 0 Å². The molecule has 16 heavy (non-hydrogen) atoms. The maximum Gasteiger partial charge on any atom is 0.168 e. The van der Waals surface area contributed by atoms with E-state index in [1.807, 2.05) is 0 Å². The molecule has 2 rings (SSSR count). The number of aromatic nitrogens is 1. The molecule has 1 saturated heterocycles. The first-order valence-corrected chi connectivity index (χ1v) is 5.96. The lowest BCUT2D eigenvalue weighted by Gasteiger charge is -2.26. The van der Waals surface area contributed by atoms with Crippen molar-refractivity contribution in [1.82, 2.24) is 9.88 Å². The van der Waals surface area contributed by atoms with Crippen LogP contribution in [0.25, 0.3) is 0 Å². The minimum Gasteiger partial charge on any atom is -0.504 e. The van der Waals surface area contributed by atoms with Gasteiger partial charge < -0.3 is 15.3 Å². The van der Waals surface area contributed by atoms with Crippen molar-refractivity contribution in [2.24, 2.45) is 0 Å². The number of aromatic hydroxyl groups is 1. The fourth-order valence-corrected chi connectivity index (χ4v) is 2.05. The van der Waals surface area contributed by atoms with E-state index in [0.29, 0.717) is 5.82 Å². The van der Waals surface area contributed by atoms with Gasteiger partial charge in [0.25, 0.3) is 0 Å². The maximum absolute atomic E-state index is 9.51. The van der Waals surface area contributed by atoms with E-state index in [2.05, 4.69) is 15.2 Å². The van der Waals surface area contributed by atoms with Crippen molar-refractivity contribution in [3.05, 3.63) is 18.3 Å². The van der Waals surface area contributed by atoms with Crippen LogP contribution in [0.4, 0.5) is 5.82 Å². The lowest BCUT2D eigenvalue weighted by atomic mass is 10.1. The van der Waals surface area contributed by atoms with E-state index in [-0.39, 0.29) is 5.75 Å². The molecule has 1 aromatic heterocycles. The summed E-state index contributed by atoms with van der Waals surface area (Å²) < 4.78 is 0. The zero-order chi connectivity index (χ0) is 11.2. The molecule has 0 unspecified atom stereocenters. The minimum atomic E-state index is 0.223. The van der Waals surface area contributed by atoms with Gasteiger partial charge in [0.15, 0.2) is 11.6 Å². The van der Waals surface area contributed by atoms with Crippen molar-refractivity contribution >= 4 is 5.82 Å². The van der Waals surface area contributed by atoms with Crippen molar-refractivity contribution in [2.45, 2.75) is 19.3 Å². The van der Waals surface area contributed by atoms with E-state index in [1.165, 1.54) is 32.4 Å². The molecule has 0 spiro atoms. The van der Waals surface area contributed by atoms with E-state index < -0.39 is 0 Å². The first-order valence-electron chi connectivity index (χ1n) is 5.96. The van der Waals surface area contributed by atoms with Crippen LogP contribution in [0.3, 0.4) is 0 Å². The number of rotatable bonds is 4. The Morgan fingerprint density at radius 2 is 2.12 bits per heavy atom. The minimum absolute atomic E-state index is 0.223. The Morgan fingerprint density at radius 1 is 1.31 bits per heavy atom. The predicted molar refractivity (Wildman–Crippen MR) is 64.7 cm³/mol. The highest BCUT2D eigenvalue weighted by molar-refractivity contribution is 5.48. The van der Waals surface area contributed by atoms with Gasteiger partial charge in [-0.25, -0.2) is 4.98 Å². The molecule has 1 aliphatic heterocycles. The average Bonchev–Trinajstić information content (AvgIpc) is 2.33. The molecule has 1 fully saturated rings. The number of nitrogens with zero attached hydrogens (tertiary/aromatic N) is 2. The number of likely N-dealkylation sites (tertiary alicyclic amines) is 1. The fourth-order valence-electron chi connectivity index (χ4n) is 2.05. The second kappa shape index (κ2) is 5.70. The third-order valence-electron chi connectivity index (χ3n) is 2.96. The van der Waals surface area contributed by atoms with Crippen LogP contribution in [0.5, 0.6) is 5.75 Å². The molecule has 0 aromatic carbocycles. The molecule has 0 saturated carbocycles. The number of hydrogen-bond acceptors (Lipinski definition) is 4. The zero-order valence-electron chi connectivity index (χ0n) is 9.52. The molecule has 2 heterocycles. The van der Waals surface area contributed by atoms with Gasteiger partial charge in [-0.1, -0.05) is 6.42 Å². The molecular weight excluding hydrogens is 202 g/mol. The van der Waals surface area contributed by atoms with Gasteiger partial charge in [0.2, 0.25) is 0 Å². The Labute approximate surface area is 96.3 Å². The van der Waals surface area contributed by atoms with Crippen molar-refractivity contribution < 1.29 is 5.11 Å². The number of nitrogens with one attached hydrogen (secondary N) is 1. The van der Waals surface area contributed by atoms with Gasteiger partial charge >= 0.3 is 0 Å². The third kappa shape index (κ3) is 3.10. The number of pyridine rings is 1. The van der Waals surface area contributed by atoms with Gasteiger partial charge in [0.1, 0.15) is 0 Å². The average molecular weight is 221 g/mol. The van der Waals surface area contributed by atoms with Crippen LogP contribution in [0.1, 0.15) is 19.3 Å². The van der Waals surface area contributed by atoms with Gasteiger partial charge in [0, 0.05) is 19.3 Å². The van der Waals surface area contributed by atoms with Gasteiger partial charge in [-0.3, -0.25) is 0 Å². The number of piperidine rings is 1. The zero-order valence-corrected chi connectivity index (χ0v) is 9.52. The quantitative estimate of drug-likeness (QED) is 0.812. The molecule has 0 atom stereocenters. The highest BCUT2D eigenvalue weighted by Crippen LogP contribution is 2.17. The van der Waals surface area contributed by atoms with Crippen LogP contribution in [-0.2, 0) is 0 Å². The summed E-state index contributed by atoms with van der Waals surface area (Å²) in [6.07, 6.45) is 5.68. The van der Waals surface area contributed by atoms with Crippen LogP contribution >= 0.6 is 0 Å². The molecular formula is C12H19N3O. The molecule has 1 aromatic rings. The van der Waals surface area contributed by atoms with Gasteiger partial charge in [-0.15, -0.1) is 0 Å². The molecule has 0 amide bonds. The summed E-state index contributed by atoms with van der Waals surface area (Å²) in [7, 11) is 0. The molecule has 2 N–H and O–H groups in total. The lowest BCUT2D eigenvalue weighted by molar-refractivity contribution is 0.237. The second-order valence-corrected chi connectivity index (χ2v) is 4.20. The smallest absolute Gasteiger partial charge is 0.168 e. The monoisotopic (exact) mass is 221 g/mol. The Morgan fingerprint density at radius 3 is 2.88 bits per heavy atom. The molecule has 1 aliphatic rings. The highest BCUT2D eigenvalue weighted by Gasteiger charge is 2.09. The van der Waals surface area contributed by atoms with Crippen molar-refractivity contribution in [3.63, 3.8) is 0 Å². The van der Waals surface area contributed by atoms with Gasteiger partial charge in [-0.05, 0) is 38.1 Å². The largest absolute Gasteiger partial charge is 0.504 e. The molecule has 0 aliphatic carbocycles. The molecule has 0 radical (unpaired) electrons. The molecule has 88 valence electrons. The fraction of sp³-hybridized carbons (Fsp3) is 0.583. The second-order valence-electron chi connectivity index (χ2n) is 4.20. The first-order chi connectivity index (χ1) is 7.86. The molecule has 4 heteroatoms. The van der Waals surface area contributed by atoms with Crippen LogP contribution in [0.15, 0.2) is 18.3 Å². The number of anilines is 1. The topological polar surface area (TPSA) is 48.4 Å². The van der Waals surface area contributed by atoms with Crippen molar-refractivity contribution in [1.29, 1.82) is 0 Å². The summed E-state index contributed by atoms with van der Waals surface area (Å²) in [6, 6.07) is 3.38. The summed E-state index contributed by atoms with van der Waals surface area (Å²) >= 11 is 0. The third-order valence-corrected chi connectivity index (χ3v) is 2.96. The highest BCUT2D eigenvalue weighted by atomic mass is 16.3. The van der Waals surface area contributed by atoms with Crippen LogP contribution in [-0.4, -0.2) is 41.2 Å². The Kier molecular flexibility index (Phi) is 3.99. The van der Waals surface area contributed by atoms with Gasteiger partial charge in [-0.2, -0.15) is 0 Å². The number of hydrogen-bond donors (Lipinski definition) is 2. The van der Waals surface area contributed by atoms with Crippen molar-refractivity contribution in [3.8, 4) is 5.75 Å². The summed E-state index contributed by atoms with van der Waals surface area (Å²) in [5.74, 6) is 0.806. The first kappa shape index (κ1) is 11.2. The summed E-state index contributed by atoms with van der Waals surface area (Å²) in [5.41, 5.74) is 0. The van der Waals surface area contributed by atoms with Gasteiger partial charge in [0.05, 0.1) is 0 Å². The van der Waals surface area contributed by atoms with E-state index in [1.54, 1.807) is 18.3 Å². The molecule has 4 nitrogen and oxygen atoms in total. The standard InChI is InChI=1S/C12H19N3O/c16-11-5-4-6-13-12(11)14-7-10-15-8-2-1-3-9-15/h4-6,16H,1-3,7-10H2,(H,13,14). The predicted octanol–water partition coefficient (Wildman–Crippen LogP) is 1.69. The summed E-state index contributed by atoms with van der Waals surface area (Å²) in [6.45, 7) is 4.27. The van der Waals surface area contributed by atoms with Crippen LogP contribution < -0.4 is 5.32 Å². The Bertz CT molecular complexity index is 324. The summed E-state index contributed by atoms with van der Waals surface area (Å²) in [5, 5.41) is 12.7. The normalized spacial score (nSPS) is 17.2. The van der Waals surface area contributed by atoms with E-state index in [9.17, 15) is 5.11 Å². The SMILES string of the molecule is Oc1cccnc1NCCN1CCCCC1. The Hall–Kier alpha value is -1.29.